The van der Waals surface area contributed by atoms with Crippen molar-refractivity contribution in [1.82, 2.24) is 15.1 Å². The lowest BCUT2D eigenvalue weighted by Crippen LogP contribution is -2.59. The number of nitrogens with one attached hydrogen (secondary N) is 1. The number of carbonyl (C=O) groups excluding carboxylic acids is 1. The normalized spacial score (nSPS) is 32.1. The number of carbonyl (C=O) groups is 1. The number of ether oxygens (including phenoxy) is 2. The third kappa shape index (κ3) is 3.98. The third-order valence-corrected chi connectivity index (χ3v) is 5.12. The van der Waals surface area contributed by atoms with Crippen LogP contribution in [-0.4, -0.2) is 86.9 Å². The molecule has 3 aliphatic rings. The summed E-state index contributed by atoms with van der Waals surface area (Å²) in [6.45, 7) is 10.1. The minimum Gasteiger partial charge on any atom is -0.381 e. The lowest BCUT2D eigenvalue weighted by Gasteiger charge is -2.40. The summed E-state index contributed by atoms with van der Waals surface area (Å²) in [5.74, 6) is 0.974. The molecular formula is C16H29N3O3. The Morgan fingerprint density at radius 2 is 1.86 bits per heavy atom. The van der Waals surface area contributed by atoms with Crippen molar-refractivity contribution in [1.29, 1.82) is 0 Å². The van der Waals surface area contributed by atoms with Gasteiger partial charge in [0.15, 0.2) is 0 Å². The maximum absolute atomic E-state index is 12.6. The number of piperazine rings is 1. The highest BCUT2D eigenvalue weighted by molar-refractivity contribution is 5.82. The Hall–Kier alpha value is -0.690. The molecule has 22 heavy (non-hydrogen) atoms. The summed E-state index contributed by atoms with van der Waals surface area (Å²) < 4.78 is 11.0. The van der Waals surface area contributed by atoms with Gasteiger partial charge in [-0.3, -0.25) is 9.69 Å². The maximum atomic E-state index is 12.6. The van der Waals surface area contributed by atoms with Crippen molar-refractivity contribution in [2.75, 3.05) is 59.1 Å². The van der Waals surface area contributed by atoms with Crippen molar-refractivity contribution >= 4 is 5.91 Å². The fraction of sp³-hybridized carbons (Fsp3) is 0.938. The third-order valence-electron chi connectivity index (χ3n) is 5.12. The van der Waals surface area contributed by atoms with Gasteiger partial charge >= 0.3 is 0 Å². The Balaban J connectivity index is 1.43. The standard InChI is InChI=1S/C16H29N3O3/c1-13-15(17-4-11-22-13)16(20)19-7-5-18(6-8-19)12-14-2-9-21-10-3-14/h13-15,17H,2-12H2,1H3/t13-,15+/m1/s1. The Morgan fingerprint density at radius 3 is 2.55 bits per heavy atom. The van der Waals surface area contributed by atoms with E-state index in [1.807, 2.05) is 11.8 Å². The second kappa shape index (κ2) is 7.73. The maximum Gasteiger partial charge on any atom is 0.242 e. The van der Waals surface area contributed by atoms with Crippen LogP contribution >= 0.6 is 0 Å². The molecule has 3 heterocycles. The molecule has 2 atom stereocenters. The molecule has 6 heteroatoms. The van der Waals surface area contributed by atoms with E-state index in [2.05, 4.69) is 10.2 Å². The van der Waals surface area contributed by atoms with E-state index in [0.717, 1.165) is 58.4 Å². The van der Waals surface area contributed by atoms with Gasteiger partial charge in [0.05, 0.1) is 12.7 Å². The van der Waals surface area contributed by atoms with Crippen LogP contribution in [0.4, 0.5) is 0 Å². The first kappa shape index (κ1) is 16.2. The average Bonchev–Trinajstić information content (AvgIpc) is 2.56. The SMILES string of the molecule is C[C@H]1OCCN[C@@H]1C(=O)N1CCN(CC2CCOCC2)CC1. The van der Waals surface area contributed by atoms with Gasteiger partial charge in [-0.25, -0.2) is 0 Å². The summed E-state index contributed by atoms with van der Waals surface area (Å²) in [5, 5.41) is 3.30. The van der Waals surface area contributed by atoms with E-state index in [9.17, 15) is 4.79 Å². The molecule has 3 aliphatic heterocycles. The predicted molar refractivity (Wildman–Crippen MR) is 83.8 cm³/mol. The first-order chi connectivity index (χ1) is 10.7. The molecule has 0 aromatic rings. The second-order valence-electron chi connectivity index (χ2n) is 6.69. The van der Waals surface area contributed by atoms with Crippen LogP contribution in [0.15, 0.2) is 0 Å². The molecule has 3 rings (SSSR count). The van der Waals surface area contributed by atoms with Crippen LogP contribution in [0.2, 0.25) is 0 Å². The number of hydrogen-bond donors (Lipinski definition) is 1. The van der Waals surface area contributed by atoms with Crippen LogP contribution in [0, 0.1) is 5.92 Å². The van der Waals surface area contributed by atoms with E-state index in [4.69, 9.17) is 9.47 Å². The molecule has 126 valence electrons. The molecule has 0 aromatic carbocycles. The highest BCUT2D eigenvalue weighted by Gasteiger charge is 2.33. The highest BCUT2D eigenvalue weighted by atomic mass is 16.5. The van der Waals surface area contributed by atoms with Crippen LogP contribution in [-0.2, 0) is 14.3 Å². The topological polar surface area (TPSA) is 54.0 Å². The molecule has 6 nitrogen and oxygen atoms in total. The van der Waals surface area contributed by atoms with Crippen LogP contribution < -0.4 is 5.32 Å². The minimum absolute atomic E-state index is 0.0264. The lowest BCUT2D eigenvalue weighted by molar-refractivity contribution is -0.141. The van der Waals surface area contributed by atoms with Gasteiger partial charge in [-0.05, 0) is 25.7 Å². The van der Waals surface area contributed by atoms with E-state index >= 15 is 0 Å². The van der Waals surface area contributed by atoms with Gasteiger partial charge in [-0.2, -0.15) is 0 Å². The first-order valence-corrected chi connectivity index (χ1v) is 8.68. The molecule has 0 saturated carbocycles. The first-order valence-electron chi connectivity index (χ1n) is 8.68. The van der Waals surface area contributed by atoms with Crippen LogP contribution in [0.1, 0.15) is 19.8 Å². The lowest BCUT2D eigenvalue weighted by atomic mass is 9.99. The van der Waals surface area contributed by atoms with Crippen LogP contribution in [0.25, 0.3) is 0 Å². The van der Waals surface area contributed by atoms with Crippen molar-refractivity contribution in [2.24, 2.45) is 5.92 Å². The zero-order chi connectivity index (χ0) is 15.4. The zero-order valence-electron chi connectivity index (χ0n) is 13.6. The molecular weight excluding hydrogens is 282 g/mol. The number of amides is 1. The van der Waals surface area contributed by atoms with Crippen LogP contribution in [0.3, 0.4) is 0 Å². The summed E-state index contributed by atoms with van der Waals surface area (Å²) in [7, 11) is 0. The molecule has 0 radical (unpaired) electrons. The van der Waals surface area contributed by atoms with Crippen molar-refractivity contribution in [3.8, 4) is 0 Å². The second-order valence-corrected chi connectivity index (χ2v) is 6.69. The predicted octanol–water partition coefficient (Wildman–Crippen LogP) is -0.0659. The highest BCUT2D eigenvalue weighted by Crippen LogP contribution is 2.17. The Kier molecular flexibility index (Phi) is 5.68. The van der Waals surface area contributed by atoms with Gasteiger partial charge in [0.25, 0.3) is 0 Å². The molecule has 0 unspecified atom stereocenters. The molecule has 0 aromatic heterocycles. The van der Waals surface area contributed by atoms with Gasteiger partial charge in [-0.15, -0.1) is 0 Å². The Morgan fingerprint density at radius 1 is 1.14 bits per heavy atom. The van der Waals surface area contributed by atoms with Gasteiger partial charge < -0.3 is 19.7 Å². The largest absolute Gasteiger partial charge is 0.381 e. The Labute approximate surface area is 133 Å². The molecule has 0 aliphatic carbocycles. The summed E-state index contributed by atoms with van der Waals surface area (Å²) in [6, 6.07) is -0.171. The molecule has 3 saturated heterocycles. The smallest absolute Gasteiger partial charge is 0.242 e. The monoisotopic (exact) mass is 311 g/mol. The van der Waals surface area contributed by atoms with E-state index < -0.39 is 0 Å². The minimum atomic E-state index is -0.171. The zero-order valence-corrected chi connectivity index (χ0v) is 13.6. The van der Waals surface area contributed by atoms with Gasteiger partial charge in [0, 0.05) is 52.5 Å². The van der Waals surface area contributed by atoms with Crippen molar-refractivity contribution in [3.63, 3.8) is 0 Å². The summed E-state index contributed by atoms with van der Waals surface area (Å²) in [6.07, 6.45) is 2.33. The van der Waals surface area contributed by atoms with Gasteiger partial charge in [0.2, 0.25) is 5.91 Å². The van der Waals surface area contributed by atoms with Crippen LogP contribution in [0.5, 0.6) is 0 Å². The summed E-state index contributed by atoms with van der Waals surface area (Å²) >= 11 is 0. The van der Waals surface area contributed by atoms with Gasteiger partial charge in [0.1, 0.15) is 6.04 Å². The molecule has 0 spiro atoms. The number of rotatable bonds is 3. The fourth-order valence-corrected chi connectivity index (χ4v) is 3.65. The number of nitrogens with zero attached hydrogens (tertiary/aromatic N) is 2. The summed E-state index contributed by atoms with van der Waals surface area (Å²) in [5.41, 5.74) is 0. The van der Waals surface area contributed by atoms with Gasteiger partial charge in [-0.1, -0.05) is 0 Å². The van der Waals surface area contributed by atoms with E-state index in [1.165, 1.54) is 12.8 Å². The van der Waals surface area contributed by atoms with E-state index in [1.54, 1.807) is 0 Å². The van der Waals surface area contributed by atoms with Crippen molar-refractivity contribution in [3.05, 3.63) is 0 Å². The molecule has 0 bridgehead atoms. The van der Waals surface area contributed by atoms with Crippen molar-refractivity contribution < 1.29 is 14.3 Å². The fourth-order valence-electron chi connectivity index (χ4n) is 3.65. The van der Waals surface area contributed by atoms with E-state index in [0.29, 0.717) is 6.61 Å². The number of morpholine rings is 1. The molecule has 1 amide bonds. The Bertz CT molecular complexity index is 366. The van der Waals surface area contributed by atoms with E-state index in [-0.39, 0.29) is 18.1 Å². The molecule has 3 fully saturated rings. The van der Waals surface area contributed by atoms with Crippen molar-refractivity contribution in [2.45, 2.75) is 31.9 Å². The summed E-state index contributed by atoms with van der Waals surface area (Å²) in [4.78, 5) is 17.1. The number of hydrogen-bond acceptors (Lipinski definition) is 5. The quantitative estimate of drug-likeness (QED) is 0.791. The molecule has 1 N–H and O–H groups in total. The average molecular weight is 311 g/mol.